The molecule has 4 nitrogen and oxygen atoms in total. The summed E-state index contributed by atoms with van der Waals surface area (Å²) in [5, 5.41) is 12.3. The normalized spacial score (nSPS) is 21.9. The molecule has 0 aromatic heterocycles. The van der Waals surface area contributed by atoms with Crippen molar-refractivity contribution in [3.63, 3.8) is 0 Å². The second-order valence-corrected chi connectivity index (χ2v) is 6.18. The van der Waals surface area contributed by atoms with E-state index in [1.807, 2.05) is 31.2 Å². The minimum absolute atomic E-state index is 0.0404. The molecule has 1 aliphatic rings. The summed E-state index contributed by atoms with van der Waals surface area (Å²) in [6, 6.07) is 7.82. The highest BCUT2D eigenvalue weighted by atomic mass is 16.4. The quantitative estimate of drug-likeness (QED) is 0.822. The van der Waals surface area contributed by atoms with Gasteiger partial charge in [-0.25, -0.2) is 0 Å². The number of hydrogen-bond donors (Lipinski definition) is 2. The number of benzene rings is 1. The van der Waals surface area contributed by atoms with Crippen molar-refractivity contribution in [3.8, 4) is 0 Å². The summed E-state index contributed by atoms with van der Waals surface area (Å²) in [5.74, 6) is -1.27. The zero-order chi connectivity index (χ0) is 15.9. The number of aryl methyl sites for hydroxylation is 2. The molecule has 0 radical (unpaired) electrons. The van der Waals surface area contributed by atoms with Crippen LogP contribution in [0, 0.1) is 12.8 Å². The van der Waals surface area contributed by atoms with Crippen LogP contribution in [0.5, 0.6) is 0 Å². The molecule has 2 rings (SSSR count). The van der Waals surface area contributed by atoms with Gasteiger partial charge >= 0.3 is 5.97 Å². The maximum atomic E-state index is 12.2. The molecule has 1 aromatic rings. The van der Waals surface area contributed by atoms with Crippen molar-refractivity contribution in [1.82, 2.24) is 5.32 Å². The zero-order valence-electron chi connectivity index (χ0n) is 13.2. The average Bonchev–Trinajstić information content (AvgIpc) is 2.72. The summed E-state index contributed by atoms with van der Waals surface area (Å²) >= 11 is 0. The molecule has 1 aromatic carbocycles. The van der Waals surface area contributed by atoms with Crippen molar-refractivity contribution >= 4 is 11.9 Å². The number of rotatable bonds is 5. The number of aliphatic carboxylic acids is 1. The van der Waals surface area contributed by atoms with Gasteiger partial charge in [-0.05, 0) is 37.3 Å². The molecule has 1 fully saturated rings. The Kier molecular flexibility index (Phi) is 5.99. The standard InChI is InChI=1S/C18H25NO3/c1-13-7-5-6-8-14(13)11-12-17(20)19-16-10-4-2-3-9-15(16)18(21)22/h5-8,15-16H,2-4,9-12H2,1H3,(H,19,20)(H,21,22)/t15-,16+/m1/s1. The van der Waals surface area contributed by atoms with Gasteiger partial charge in [-0.1, -0.05) is 43.5 Å². The Balaban J connectivity index is 1.89. The van der Waals surface area contributed by atoms with Crippen LogP contribution in [-0.2, 0) is 16.0 Å². The maximum absolute atomic E-state index is 12.2. The van der Waals surface area contributed by atoms with Gasteiger partial charge in [0.25, 0.3) is 0 Å². The smallest absolute Gasteiger partial charge is 0.308 e. The van der Waals surface area contributed by atoms with E-state index in [-0.39, 0.29) is 11.9 Å². The van der Waals surface area contributed by atoms with Gasteiger partial charge in [-0.2, -0.15) is 0 Å². The lowest BCUT2D eigenvalue weighted by Gasteiger charge is -2.23. The molecule has 1 saturated carbocycles. The molecule has 0 aliphatic heterocycles. The van der Waals surface area contributed by atoms with E-state index >= 15 is 0 Å². The third kappa shape index (κ3) is 4.58. The molecule has 0 bridgehead atoms. The highest BCUT2D eigenvalue weighted by molar-refractivity contribution is 5.78. The minimum atomic E-state index is -0.786. The van der Waals surface area contributed by atoms with E-state index < -0.39 is 11.9 Å². The Labute approximate surface area is 131 Å². The first-order valence-electron chi connectivity index (χ1n) is 8.14. The first-order chi connectivity index (χ1) is 10.6. The van der Waals surface area contributed by atoms with Gasteiger partial charge in [0, 0.05) is 12.5 Å². The van der Waals surface area contributed by atoms with Crippen molar-refractivity contribution in [2.75, 3.05) is 0 Å². The predicted molar refractivity (Wildman–Crippen MR) is 85.6 cm³/mol. The van der Waals surface area contributed by atoms with Crippen LogP contribution in [0.15, 0.2) is 24.3 Å². The lowest BCUT2D eigenvalue weighted by molar-refractivity contribution is -0.143. The summed E-state index contributed by atoms with van der Waals surface area (Å²) in [6.07, 6.45) is 5.53. The van der Waals surface area contributed by atoms with Gasteiger partial charge in [0.15, 0.2) is 0 Å². The second kappa shape index (κ2) is 7.97. The van der Waals surface area contributed by atoms with E-state index in [2.05, 4.69) is 5.32 Å². The van der Waals surface area contributed by atoms with Crippen LogP contribution >= 0.6 is 0 Å². The van der Waals surface area contributed by atoms with E-state index in [0.29, 0.717) is 19.3 Å². The number of carboxylic acid groups (broad SMARTS) is 1. The summed E-state index contributed by atoms with van der Waals surface area (Å²) < 4.78 is 0. The Morgan fingerprint density at radius 2 is 1.91 bits per heavy atom. The molecule has 22 heavy (non-hydrogen) atoms. The predicted octanol–water partition coefficient (Wildman–Crippen LogP) is 3.08. The lowest BCUT2D eigenvalue weighted by Crippen LogP contribution is -2.42. The van der Waals surface area contributed by atoms with Crippen LogP contribution in [0.25, 0.3) is 0 Å². The summed E-state index contributed by atoms with van der Waals surface area (Å²) in [6.45, 7) is 2.04. The molecule has 0 unspecified atom stereocenters. The number of hydrogen-bond acceptors (Lipinski definition) is 2. The van der Waals surface area contributed by atoms with E-state index in [4.69, 9.17) is 0 Å². The van der Waals surface area contributed by atoms with Crippen molar-refractivity contribution in [3.05, 3.63) is 35.4 Å². The number of carbonyl (C=O) groups excluding carboxylic acids is 1. The van der Waals surface area contributed by atoms with Crippen LogP contribution in [-0.4, -0.2) is 23.0 Å². The number of nitrogens with one attached hydrogen (secondary N) is 1. The third-order valence-electron chi connectivity index (χ3n) is 4.56. The molecular weight excluding hydrogens is 278 g/mol. The molecule has 120 valence electrons. The van der Waals surface area contributed by atoms with Crippen LogP contribution in [0.4, 0.5) is 0 Å². The van der Waals surface area contributed by atoms with Crippen molar-refractivity contribution in [1.29, 1.82) is 0 Å². The zero-order valence-corrected chi connectivity index (χ0v) is 13.2. The fourth-order valence-electron chi connectivity index (χ4n) is 3.19. The minimum Gasteiger partial charge on any atom is -0.481 e. The fourth-order valence-corrected chi connectivity index (χ4v) is 3.19. The van der Waals surface area contributed by atoms with E-state index in [1.54, 1.807) is 0 Å². The van der Waals surface area contributed by atoms with Gasteiger partial charge in [0.2, 0.25) is 5.91 Å². The molecule has 0 spiro atoms. The van der Waals surface area contributed by atoms with Crippen LogP contribution in [0.1, 0.15) is 49.7 Å². The van der Waals surface area contributed by atoms with Gasteiger partial charge in [-0.15, -0.1) is 0 Å². The van der Waals surface area contributed by atoms with E-state index in [9.17, 15) is 14.7 Å². The van der Waals surface area contributed by atoms with Gasteiger partial charge in [0.05, 0.1) is 5.92 Å². The molecule has 0 saturated heterocycles. The summed E-state index contributed by atoms with van der Waals surface area (Å²) in [7, 11) is 0. The Morgan fingerprint density at radius 3 is 2.64 bits per heavy atom. The molecular formula is C18H25NO3. The molecule has 1 aliphatic carbocycles. The lowest BCUT2D eigenvalue weighted by atomic mass is 9.94. The van der Waals surface area contributed by atoms with Crippen molar-refractivity contribution in [2.24, 2.45) is 5.92 Å². The highest BCUT2D eigenvalue weighted by Crippen LogP contribution is 2.24. The Morgan fingerprint density at radius 1 is 1.18 bits per heavy atom. The number of carboxylic acids is 1. The largest absolute Gasteiger partial charge is 0.481 e. The van der Waals surface area contributed by atoms with Gasteiger partial charge in [-0.3, -0.25) is 9.59 Å². The highest BCUT2D eigenvalue weighted by Gasteiger charge is 2.30. The van der Waals surface area contributed by atoms with E-state index in [0.717, 1.165) is 25.7 Å². The van der Waals surface area contributed by atoms with Crippen LogP contribution in [0.3, 0.4) is 0 Å². The monoisotopic (exact) mass is 303 g/mol. The van der Waals surface area contributed by atoms with E-state index in [1.165, 1.54) is 11.1 Å². The van der Waals surface area contributed by atoms with Crippen molar-refractivity contribution < 1.29 is 14.7 Å². The first-order valence-corrected chi connectivity index (χ1v) is 8.14. The summed E-state index contributed by atoms with van der Waals surface area (Å²) in [4.78, 5) is 23.5. The maximum Gasteiger partial charge on any atom is 0.308 e. The van der Waals surface area contributed by atoms with Crippen LogP contribution in [0.2, 0.25) is 0 Å². The topological polar surface area (TPSA) is 66.4 Å². The Bertz CT molecular complexity index is 527. The molecule has 0 heterocycles. The first kappa shape index (κ1) is 16.5. The van der Waals surface area contributed by atoms with Crippen LogP contribution < -0.4 is 5.32 Å². The molecule has 4 heteroatoms. The Hall–Kier alpha value is -1.84. The fraction of sp³-hybridized carbons (Fsp3) is 0.556. The van der Waals surface area contributed by atoms with Crippen molar-refractivity contribution in [2.45, 2.75) is 57.9 Å². The van der Waals surface area contributed by atoms with Gasteiger partial charge in [0.1, 0.15) is 0 Å². The molecule has 2 N–H and O–H groups in total. The molecule has 2 atom stereocenters. The van der Waals surface area contributed by atoms with Gasteiger partial charge < -0.3 is 10.4 Å². The number of amides is 1. The third-order valence-corrected chi connectivity index (χ3v) is 4.56. The molecule has 1 amide bonds. The SMILES string of the molecule is Cc1ccccc1CCC(=O)N[C@H]1CCCCC[C@H]1C(=O)O. The number of carbonyl (C=O) groups is 2. The summed E-state index contributed by atoms with van der Waals surface area (Å²) in [5.41, 5.74) is 2.36. The second-order valence-electron chi connectivity index (χ2n) is 6.18. The average molecular weight is 303 g/mol.